The summed E-state index contributed by atoms with van der Waals surface area (Å²) in [4.78, 5) is 27.9. The number of ether oxygens (including phenoxy) is 2. The SMILES string of the molecule is CC(=O)c1c(C)[nH]c(C(=O)[C@H](C)Nc2ccc3c(c2)OC2(CCCCC2)O3)c1C. The van der Waals surface area contributed by atoms with Gasteiger partial charge in [0.2, 0.25) is 5.78 Å². The fourth-order valence-corrected chi connectivity index (χ4v) is 4.53. The lowest BCUT2D eigenvalue weighted by molar-refractivity contribution is -0.105. The molecule has 0 unspecified atom stereocenters. The second-order valence-corrected chi connectivity index (χ2v) is 8.25. The largest absolute Gasteiger partial charge is 0.448 e. The molecule has 2 heterocycles. The number of H-pyrrole nitrogens is 1. The highest BCUT2D eigenvalue weighted by Crippen LogP contribution is 2.46. The van der Waals surface area contributed by atoms with Gasteiger partial charge in [-0.15, -0.1) is 0 Å². The second kappa shape index (κ2) is 7.25. The first-order valence-electron chi connectivity index (χ1n) is 10.3. The summed E-state index contributed by atoms with van der Waals surface area (Å²) in [5.41, 5.74) is 3.31. The van der Waals surface area contributed by atoms with Gasteiger partial charge in [0, 0.05) is 35.9 Å². The third kappa shape index (κ3) is 3.52. The van der Waals surface area contributed by atoms with Crippen LogP contribution in [0.15, 0.2) is 18.2 Å². The molecule has 6 heteroatoms. The van der Waals surface area contributed by atoms with Gasteiger partial charge in [-0.05, 0) is 58.2 Å². The fraction of sp³-hybridized carbons (Fsp3) is 0.478. The Labute approximate surface area is 171 Å². The molecule has 1 saturated carbocycles. The van der Waals surface area contributed by atoms with Crippen molar-refractivity contribution in [2.24, 2.45) is 0 Å². The van der Waals surface area contributed by atoms with Crippen LogP contribution in [0.4, 0.5) is 5.69 Å². The Morgan fingerprint density at radius 2 is 1.79 bits per heavy atom. The molecule has 1 spiro atoms. The van der Waals surface area contributed by atoms with Crippen molar-refractivity contribution in [1.82, 2.24) is 4.98 Å². The van der Waals surface area contributed by atoms with E-state index >= 15 is 0 Å². The zero-order valence-electron chi connectivity index (χ0n) is 17.5. The first kappa shape index (κ1) is 19.6. The van der Waals surface area contributed by atoms with E-state index in [2.05, 4.69) is 10.3 Å². The minimum atomic E-state index is -0.511. The first-order chi connectivity index (χ1) is 13.8. The summed E-state index contributed by atoms with van der Waals surface area (Å²) in [7, 11) is 0. The van der Waals surface area contributed by atoms with Crippen LogP contribution in [0.1, 0.15) is 78.1 Å². The summed E-state index contributed by atoms with van der Waals surface area (Å²) < 4.78 is 12.3. The van der Waals surface area contributed by atoms with E-state index in [-0.39, 0.29) is 11.6 Å². The number of aromatic amines is 1. The van der Waals surface area contributed by atoms with Crippen molar-refractivity contribution in [2.75, 3.05) is 5.32 Å². The predicted molar refractivity (Wildman–Crippen MR) is 111 cm³/mol. The van der Waals surface area contributed by atoms with Crippen molar-refractivity contribution in [2.45, 2.75) is 71.6 Å². The quantitative estimate of drug-likeness (QED) is 0.699. The van der Waals surface area contributed by atoms with E-state index in [9.17, 15) is 9.59 Å². The summed E-state index contributed by atoms with van der Waals surface area (Å²) in [6.07, 6.45) is 5.26. The lowest BCUT2D eigenvalue weighted by Crippen LogP contribution is -2.40. The molecule has 2 aliphatic rings. The molecular formula is C23H28N2O4. The molecule has 0 radical (unpaired) electrons. The van der Waals surface area contributed by atoms with E-state index in [0.717, 1.165) is 48.6 Å². The monoisotopic (exact) mass is 396 g/mol. The topological polar surface area (TPSA) is 80.4 Å². The third-order valence-electron chi connectivity index (χ3n) is 5.96. The van der Waals surface area contributed by atoms with Crippen LogP contribution in [0.3, 0.4) is 0 Å². The number of carbonyl (C=O) groups excluding carboxylic acids is 2. The summed E-state index contributed by atoms with van der Waals surface area (Å²) in [6.45, 7) is 6.96. The highest BCUT2D eigenvalue weighted by molar-refractivity contribution is 6.05. The summed E-state index contributed by atoms with van der Waals surface area (Å²) in [6, 6.07) is 5.24. The fourth-order valence-electron chi connectivity index (χ4n) is 4.53. The van der Waals surface area contributed by atoms with E-state index in [0.29, 0.717) is 16.8 Å². The Bertz CT molecular complexity index is 969. The second-order valence-electron chi connectivity index (χ2n) is 8.25. The zero-order chi connectivity index (χ0) is 20.8. The molecule has 1 aromatic carbocycles. The van der Waals surface area contributed by atoms with Gasteiger partial charge in [0.05, 0.1) is 11.7 Å². The van der Waals surface area contributed by atoms with Gasteiger partial charge in [-0.3, -0.25) is 9.59 Å². The van der Waals surface area contributed by atoms with Crippen LogP contribution in [0.25, 0.3) is 0 Å². The number of benzene rings is 1. The number of aryl methyl sites for hydroxylation is 1. The molecule has 0 saturated heterocycles. The van der Waals surface area contributed by atoms with Crippen molar-refractivity contribution in [1.29, 1.82) is 0 Å². The standard InChI is InChI=1S/C23H28N2O4/c1-13-20(16(4)26)14(2)25-21(13)22(27)15(3)24-17-8-9-18-19(12-17)29-23(28-18)10-6-5-7-11-23/h8-9,12,15,24-25H,5-7,10-11H2,1-4H3/t15-/m0/s1. The molecule has 1 fully saturated rings. The molecule has 1 aromatic heterocycles. The van der Waals surface area contributed by atoms with Gasteiger partial charge in [-0.1, -0.05) is 6.42 Å². The van der Waals surface area contributed by atoms with Gasteiger partial charge in [-0.25, -0.2) is 0 Å². The Hall–Kier alpha value is -2.76. The zero-order valence-corrected chi connectivity index (χ0v) is 17.5. The molecule has 0 amide bonds. The van der Waals surface area contributed by atoms with Gasteiger partial charge in [0.1, 0.15) is 0 Å². The molecule has 2 N–H and O–H groups in total. The van der Waals surface area contributed by atoms with Crippen molar-refractivity contribution < 1.29 is 19.1 Å². The number of anilines is 1. The molecule has 0 bridgehead atoms. The van der Waals surface area contributed by atoms with E-state index in [1.54, 1.807) is 0 Å². The van der Waals surface area contributed by atoms with Gasteiger partial charge >= 0.3 is 0 Å². The molecule has 6 nitrogen and oxygen atoms in total. The van der Waals surface area contributed by atoms with Gasteiger partial charge in [-0.2, -0.15) is 0 Å². The number of nitrogens with one attached hydrogen (secondary N) is 2. The van der Waals surface area contributed by atoms with Gasteiger partial charge in [0.25, 0.3) is 5.79 Å². The first-order valence-corrected chi connectivity index (χ1v) is 10.3. The number of rotatable bonds is 5. The van der Waals surface area contributed by atoms with Crippen LogP contribution in [-0.2, 0) is 0 Å². The number of carbonyl (C=O) groups is 2. The van der Waals surface area contributed by atoms with Crippen LogP contribution in [0.2, 0.25) is 0 Å². The van der Waals surface area contributed by atoms with Crippen LogP contribution in [0, 0.1) is 13.8 Å². The number of Topliss-reactive ketones (excluding diaryl/α,β-unsaturated/α-hetero) is 2. The number of hydrogen-bond donors (Lipinski definition) is 2. The number of fused-ring (bicyclic) bond motifs is 1. The molecule has 1 atom stereocenters. The van der Waals surface area contributed by atoms with Crippen LogP contribution in [-0.4, -0.2) is 28.4 Å². The molecule has 1 aliphatic carbocycles. The maximum atomic E-state index is 13.0. The highest BCUT2D eigenvalue weighted by Gasteiger charge is 2.42. The molecule has 154 valence electrons. The highest BCUT2D eigenvalue weighted by atomic mass is 16.7. The molecular weight excluding hydrogens is 368 g/mol. The third-order valence-corrected chi connectivity index (χ3v) is 5.96. The minimum Gasteiger partial charge on any atom is -0.448 e. The number of hydrogen-bond acceptors (Lipinski definition) is 5. The van der Waals surface area contributed by atoms with Crippen molar-refractivity contribution in [3.63, 3.8) is 0 Å². The molecule has 4 rings (SSSR count). The average molecular weight is 396 g/mol. The Morgan fingerprint density at radius 3 is 2.45 bits per heavy atom. The Kier molecular flexibility index (Phi) is 4.89. The predicted octanol–water partition coefficient (Wildman–Crippen LogP) is 4.95. The van der Waals surface area contributed by atoms with Crippen molar-refractivity contribution in [3.8, 4) is 11.5 Å². The van der Waals surface area contributed by atoms with E-state index < -0.39 is 11.8 Å². The van der Waals surface area contributed by atoms with E-state index in [1.807, 2.05) is 39.0 Å². The maximum Gasteiger partial charge on any atom is 0.251 e. The summed E-state index contributed by atoms with van der Waals surface area (Å²) in [5.74, 6) is 0.853. The van der Waals surface area contributed by atoms with Crippen molar-refractivity contribution >= 4 is 17.3 Å². The Morgan fingerprint density at radius 1 is 1.10 bits per heavy atom. The maximum absolute atomic E-state index is 13.0. The lowest BCUT2D eigenvalue weighted by Gasteiger charge is -2.31. The average Bonchev–Trinajstić information content (AvgIpc) is 3.17. The van der Waals surface area contributed by atoms with E-state index in [4.69, 9.17) is 9.47 Å². The minimum absolute atomic E-state index is 0.0386. The van der Waals surface area contributed by atoms with Crippen LogP contribution >= 0.6 is 0 Å². The van der Waals surface area contributed by atoms with Gasteiger partial charge < -0.3 is 19.8 Å². The van der Waals surface area contributed by atoms with Crippen LogP contribution < -0.4 is 14.8 Å². The Balaban J connectivity index is 1.49. The van der Waals surface area contributed by atoms with Crippen molar-refractivity contribution in [3.05, 3.63) is 40.7 Å². The summed E-state index contributed by atoms with van der Waals surface area (Å²) >= 11 is 0. The number of aromatic nitrogens is 1. The van der Waals surface area contributed by atoms with Gasteiger partial charge in [0.15, 0.2) is 17.3 Å². The lowest BCUT2D eigenvalue weighted by atomic mass is 9.94. The number of ketones is 2. The normalized spacial score (nSPS) is 17.9. The molecule has 1 aliphatic heterocycles. The van der Waals surface area contributed by atoms with E-state index in [1.165, 1.54) is 13.3 Å². The molecule has 29 heavy (non-hydrogen) atoms. The smallest absolute Gasteiger partial charge is 0.251 e. The van der Waals surface area contributed by atoms with Crippen LogP contribution in [0.5, 0.6) is 11.5 Å². The molecule has 2 aromatic rings. The summed E-state index contributed by atoms with van der Waals surface area (Å²) in [5, 5.41) is 3.26.